The summed E-state index contributed by atoms with van der Waals surface area (Å²) in [6.45, 7) is -1.31. The van der Waals surface area contributed by atoms with Crippen molar-refractivity contribution in [3.05, 3.63) is 0 Å². The van der Waals surface area contributed by atoms with E-state index in [1.807, 2.05) is 0 Å². The highest BCUT2D eigenvalue weighted by molar-refractivity contribution is 5.85. The molecule has 4 nitrogen and oxygen atoms in total. The number of nitrogens with two attached hydrogens (primary N) is 1. The molecule has 0 bridgehead atoms. The van der Waals surface area contributed by atoms with Crippen LogP contribution in [0.5, 0.6) is 0 Å². The zero-order chi connectivity index (χ0) is 13.1. The van der Waals surface area contributed by atoms with Crippen molar-refractivity contribution in [2.24, 2.45) is 5.73 Å². The lowest BCUT2D eigenvalue weighted by molar-refractivity contribution is -0.170. The Morgan fingerprint density at radius 3 is 2.56 bits per heavy atom. The first-order valence-electron chi connectivity index (χ1n) is 5.10. The van der Waals surface area contributed by atoms with Crippen LogP contribution in [0.3, 0.4) is 0 Å². The van der Waals surface area contributed by atoms with Gasteiger partial charge in [0.25, 0.3) is 0 Å². The van der Waals surface area contributed by atoms with E-state index in [0.29, 0.717) is 19.5 Å². The van der Waals surface area contributed by atoms with E-state index in [9.17, 15) is 22.4 Å². The van der Waals surface area contributed by atoms with Gasteiger partial charge in [0.15, 0.2) is 0 Å². The third kappa shape index (κ3) is 4.95. The third-order valence-corrected chi connectivity index (χ3v) is 2.42. The topological polar surface area (TPSA) is 55.6 Å². The van der Waals surface area contributed by atoms with Crippen LogP contribution in [0, 0.1) is 0 Å². The lowest BCUT2D eigenvalue weighted by Crippen LogP contribution is -2.37. The summed E-state index contributed by atoms with van der Waals surface area (Å²) in [6.07, 6.45) is -3.16. The van der Waals surface area contributed by atoms with Gasteiger partial charge in [0.05, 0.1) is 0 Å². The molecule has 1 aliphatic heterocycles. The number of carbonyl (C=O) groups excluding carboxylic acids is 1. The first kappa shape index (κ1) is 17.4. The highest BCUT2D eigenvalue weighted by atomic mass is 35.5. The summed E-state index contributed by atoms with van der Waals surface area (Å²) in [5.74, 6) is -4.73. The minimum Gasteiger partial charge on any atom is -0.365 e. The van der Waals surface area contributed by atoms with E-state index >= 15 is 0 Å². The number of halogens is 5. The molecule has 0 aromatic heterocycles. The van der Waals surface area contributed by atoms with Gasteiger partial charge in [0, 0.05) is 19.1 Å². The molecule has 0 aliphatic carbocycles. The summed E-state index contributed by atoms with van der Waals surface area (Å²) >= 11 is 0. The van der Waals surface area contributed by atoms with Crippen molar-refractivity contribution in [2.45, 2.75) is 24.8 Å². The Hall–Kier alpha value is -0.600. The van der Waals surface area contributed by atoms with Crippen LogP contribution in [-0.2, 0) is 9.53 Å². The fraction of sp³-hybridized carbons (Fsp3) is 0.889. The van der Waals surface area contributed by atoms with Gasteiger partial charge in [-0.25, -0.2) is 8.78 Å². The Morgan fingerprint density at radius 2 is 2.11 bits per heavy atom. The SMILES string of the molecule is Cl.NC1CCN(C(=O)COCC(F)(F)C(F)F)C1. The minimum absolute atomic E-state index is 0. The lowest BCUT2D eigenvalue weighted by Gasteiger charge is -2.18. The zero-order valence-corrected chi connectivity index (χ0v) is 10.3. The van der Waals surface area contributed by atoms with Crippen LogP contribution >= 0.6 is 12.4 Å². The van der Waals surface area contributed by atoms with Crippen LogP contribution in [0.2, 0.25) is 0 Å². The van der Waals surface area contributed by atoms with Gasteiger partial charge in [-0.05, 0) is 6.42 Å². The highest BCUT2D eigenvalue weighted by Gasteiger charge is 2.41. The average Bonchev–Trinajstić information content (AvgIpc) is 2.64. The minimum atomic E-state index is -4.22. The molecule has 108 valence electrons. The first-order valence-corrected chi connectivity index (χ1v) is 5.10. The molecule has 1 aliphatic rings. The molecular weight excluding hydrogens is 280 g/mol. The van der Waals surface area contributed by atoms with E-state index in [1.165, 1.54) is 4.90 Å². The normalized spacial score (nSPS) is 20.1. The molecule has 0 saturated carbocycles. The molecule has 1 heterocycles. The summed E-state index contributed by atoms with van der Waals surface area (Å²) in [4.78, 5) is 12.7. The molecular formula is C9H15ClF4N2O2. The van der Waals surface area contributed by atoms with Crippen molar-refractivity contribution in [1.29, 1.82) is 0 Å². The monoisotopic (exact) mass is 294 g/mol. The second-order valence-electron chi connectivity index (χ2n) is 3.94. The predicted octanol–water partition coefficient (Wildman–Crippen LogP) is 0.885. The Balaban J connectivity index is 0.00000289. The van der Waals surface area contributed by atoms with Gasteiger partial charge in [-0.15, -0.1) is 12.4 Å². The second-order valence-corrected chi connectivity index (χ2v) is 3.94. The first-order chi connectivity index (χ1) is 7.83. The van der Waals surface area contributed by atoms with Gasteiger partial charge in [-0.1, -0.05) is 0 Å². The van der Waals surface area contributed by atoms with Gasteiger partial charge < -0.3 is 15.4 Å². The maximum Gasteiger partial charge on any atom is 0.330 e. The molecule has 0 aromatic carbocycles. The van der Waals surface area contributed by atoms with Crippen LogP contribution in [-0.4, -0.2) is 55.5 Å². The summed E-state index contributed by atoms with van der Waals surface area (Å²) in [5, 5.41) is 0. The van der Waals surface area contributed by atoms with E-state index < -0.39 is 31.5 Å². The van der Waals surface area contributed by atoms with Crippen molar-refractivity contribution >= 4 is 18.3 Å². The lowest BCUT2D eigenvalue weighted by atomic mass is 10.3. The average molecular weight is 295 g/mol. The van der Waals surface area contributed by atoms with Crippen LogP contribution in [0.25, 0.3) is 0 Å². The van der Waals surface area contributed by atoms with E-state index in [-0.39, 0.29) is 18.4 Å². The zero-order valence-electron chi connectivity index (χ0n) is 9.45. The van der Waals surface area contributed by atoms with Crippen molar-refractivity contribution in [3.63, 3.8) is 0 Å². The molecule has 0 spiro atoms. The number of nitrogens with zero attached hydrogens (tertiary/aromatic N) is 1. The molecule has 1 rings (SSSR count). The third-order valence-electron chi connectivity index (χ3n) is 2.42. The number of ether oxygens (including phenoxy) is 1. The summed E-state index contributed by atoms with van der Waals surface area (Å²) < 4.78 is 52.6. The number of amides is 1. The van der Waals surface area contributed by atoms with E-state index in [2.05, 4.69) is 4.74 Å². The standard InChI is InChI=1S/C9H14F4N2O2.ClH/c10-8(11)9(12,13)5-17-4-7(16)15-2-1-6(14)3-15;/h6,8H,1-5,14H2;1H. The number of hydrogen-bond donors (Lipinski definition) is 1. The predicted molar refractivity (Wildman–Crippen MR) is 58.2 cm³/mol. The Labute approximate surface area is 108 Å². The van der Waals surface area contributed by atoms with Crippen molar-refractivity contribution in [1.82, 2.24) is 4.90 Å². The van der Waals surface area contributed by atoms with Gasteiger partial charge in [0.2, 0.25) is 5.91 Å². The van der Waals surface area contributed by atoms with Gasteiger partial charge in [-0.2, -0.15) is 8.78 Å². The summed E-state index contributed by atoms with van der Waals surface area (Å²) in [5.41, 5.74) is 5.55. The van der Waals surface area contributed by atoms with Crippen molar-refractivity contribution in [2.75, 3.05) is 26.3 Å². The molecule has 0 radical (unpaired) electrons. The summed E-state index contributed by atoms with van der Waals surface area (Å²) in [6, 6.07) is -0.124. The molecule has 1 atom stereocenters. The Morgan fingerprint density at radius 1 is 1.50 bits per heavy atom. The van der Waals surface area contributed by atoms with Crippen molar-refractivity contribution < 1.29 is 27.1 Å². The van der Waals surface area contributed by atoms with Crippen molar-refractivity contribution in [3.8, 4) is 0 Å². The Kier molecular flexibility index (Phi) is 6.87. The van der Waals surface area contributed by atoms with E-state index in [0.717, 1.165) is 0 Å². The van der Waals surface area contributed by atoms with Crippen LogP contribution in [0.4, 0.5) is 17.6 Å². The highest BCUT2D eigenvalue weighted by Crippen LogP contribution is 2.22. The number of likely N-dealkylation sites (tertiary alicyclic amines) is 1. The van der Waals surface area contributed by atoms with E-state index in [4.69, 9.17) is 5.73 Å². The molecule has 18 heavy (non-hydrogen) atoms. The second kappa shape index (κ2) is 7.10. The fourth-order valence-corrected chi connectivity index (χ4v) is 1.44. The number of hydrogen-bond acceptors (Lipinski definition) is 3. The maximum atomic E-state index is 12.4. The summed E-state index contributed by atoms with van der Waals surface area (Å²) in [7, 11) is 0. The van der Waals surface area contributed by atoms with Gasteiger partial charge in [-0.3, -0.25) is 4.79 Å². The molecule has 2 N–H and O–H groups in total. The fourth-order valence-electron chi connectivity index (χ4n) is 1.44. The van der Waals surface area contributed by atoms with Gasteiger partial charge >= 0.3 is 12.3 Å². The Bertz CT molecular complexity index is 281. The number of carbonyl (C=O) groups is 1. The molecule has 0 aromatic rings. The number of rotatable bonds is 5. The molecule has 9 heteroatoms. The van der Waals surface area contributed by atoms with Crippen LogP contribution in [0.15, 0.2) is 0 Å². The maximum absolute atomic E-state index is 12.4. The molecule has 1 amide bonds. The van der Waals surface area contributed by atoms with Crippen LogP contribution in [0.1, 0.15) is 6.42 Å². The number of alkyl halides is 4. The van der Waals surface area contributed by atoms with Gasteiger partial charge in [0.1, 0.15) is 13.2 Å². The van der Waals surface area contributed by atoms with Crippen LogP contribution < -0.4 is 5.73 Å². The molecule has 1 unspecified atom stereocenters. The largest absolute Gasteiger partial charge is 0.365 e. The molecule has 1 saturated heterocycles. The smallest absolute Gasteiger partial charge is 0.330 e. The van der Waals surface area contributed by atoms with E-state index in [1.54, 1.807) is 0 Å². The quantitative estimate of drug-likeness (QED) is 0.766. The molecule has 1 fully saturated rings.